The summed E-state index contributed by atoms with van der Waals surface area (Å²) in [6, 6.07) is 20.9. The zero-order valence-electron chi connectivity index (χ0n) is 15.6. The molecule has 1 unspecified atom stereocenters. The third-order valence-electron chi connectivity index (χ3n) is 4.48. The molecule has 3 aromatic carbocycles. The van der Waals surface area contributed by atoms with Gasteiger partial charge in [-0.2, -0.15) is 0 Å². The molecule has 8 heteroatoms. The summed E-state index contributed by atoms with van der Waals surface area (Å²) >= 11 is 0. The number of nitrogens with zero attached hydrogens (tertiary/aromatic N) is 1. The first-order chi connectivity index (χ1) is 13.8. The van der Waals surface area contributed by atoms with E-state index in [9.17, 15) is 23.6 Å². The van der Waals surface area contributed by atoms with Crippen LogP contribution < -0.4 is 5.32 Å². The van der Waals surface area contributed by atoms with Gasteiger partial charge in [0.15, 0.2) is 9.84 Å². The topological polar surface area (TPSA) is 110 Å². The van der Waals surface area contributed by atoms with Crippen LogP contribution in [0.15, 0.2) is 77.7 Å². The van der Waals surface area contributed by atoms with Crippen LogP contribution in [0.1, 0.15) is 11.7 Å². The zero-order chi connectivity index (χ0) is 21.0. The third kappa shape index (κ3) is 4.98. The van der Waals surface area contributed by atoms with Crippen LogP contribution in [0.25, 0.3) is 11.1 Å². The highest BCUT2D eigenvalue weighted by atomic mass is 32.2. The van der Waals surface area contributed by atoms with Gasteiger partial charge in [-0.25, -0.2) is 8.42 Å². The minimum atomic E-state index is -3.56. The molecule has 0 radical (unpaired) electrons. The fraction of sp³-hybridized carbons (Fsp3) is 0.143. The zero-order valence-corrected chi connectivity index (χ0v) is 16.5. The molecule has 0 aliphatic carbocycles. The van der Waals surface area contributed by atoms with Crippen molar-refractivity contribution in [2.24, 2.45) is 0 Å². The van der Waals surface area contributed by atoms with Crippen LogP contribution in [0.4, 0.5) is 11.4 Å². The first kappa shape index (κ1) is 20.5. The summed E-state index contributed by atoms with van der Waals surface area (Å²) in [6.45, 7) is 0.0315. The van der Waals surface area contributed by atoms with Gasteiger partial charge in [0.25, 0.3) is 5.69 Å². The van der Waals surface area contributed by atoms with Crippen LogP contribution >= 0.6 is 0 Å². The number of nitro benzene ring substituents is 1. The molecule has 0 heterocycles. The summed E-state index contributed by atoms with van der Waals surface area (Å²) in [4.78, 5) is 10.5. The minimum absolute atomic E-state index is 0.0315. The van der Waals surface area contributed by atoms with Crippen molar-refractivity contribution in [1.29, 1.82) is 0 Å². The highest BCUT2D eigenvalue weighted by molar-refractivity contribution is 7.90. The van der Waals surface area contributed by atoms with Gasteiger partial charge in [-0.05, 0) is 28.8 Å². The summed E-state index contributed by atoms with van der Waals surface area (Å²) in [6.07, 6.45) is 0.0937. The monoisotopic (exact) mass is 412 g/mol. The summed E-state index contributed by atoms with van der Waals surface area (Å²) in [5.74, 6) is 0. The molecule has 0 saturated carbocycles. The number of hydrogen-bond donors (Lipinski definition) is 2. The number of nitro groups is 1. The molecule has 0 fully saturated rings. The van der Waals surface area contributed by atoms with Gasteiger partial charge in [0.05, 0.1) is 15.9 Å². The van der Waals surface area contributed by atoms with Crippen LogP contribution in [0.2, 0.25) is 0 Å². The molecule has 0 amide bonds. The van der Waals surface area contributed by atoms with Crippen molar-refractivity contribution >= 4 is 21.2 Å². The largest absolute Gasteiger partial charge is 0.387 e. The maximum absolute atomic E-state index is 11.6. The number of aliphatic hydroxyl groups excluding tert-OH is 1. The van der Waals surface area contributed by atoms with Gasteiger partial charge in [-0.3, -0.25) is 10.1 Å². The maximum Gasteiger partial charge on any atom is 0.293 e. The first-order valence-corrected chi connectivity index (χ1v) is 10.7. The number of anilines is 1. The van der Waals surface area contributed by atoms with E-state index in [0.29, 0.717) is 5.56 Å². The Hall–Kier alpha value is -3.23. The van der Waals surface area contributed by atoms with Gasteiger partial charge in [0.2, 0.25) is 0 Å². The van der Waals surface area contributed by atoms with Crippen molar-refractivity contribution in [2.75, 3.05) is 18.1 Å². The second kappa shape index (κ2) is 8.42. The summed E-state index contributed by atoms with van der Waals surface area (Å²) in [7, 11) is -3.56. The van der Waals surface area contributed by atoms with E-state index in [1.165, 1.54) is 12.1 Å². The van der Waals surface area contributed by atoms with E-state index >= 15 is 0 Å². The third-order valence-corrected chi connectivity index (χ3v) is 5.59. The normalized spacial score (nSPS) is 12.3. The Morgan fingerprint density at radius 2 is 1.62 bits per heavy atom. The standard InChI is InChI=1S/C21H20N2O5S/c1-29(27,28)18-11-12-19(20(13-18)23(25)26)22-14-21(24)17-9-7-16(8-10-17)15-5-3-2-4-6-15/h2-13,21-22,24H,14H2,1H3. The molecule has 3 rings (SSSR count). The highest BCUT2D eigenvalue weighted by Crippen LogP contribution is 2.28. The van der Waals surface area contributed by atoms with Gasteiger partial charge in [0.1, 0.15) is 5.69 Å². The molecule has 2 N–H and O–H groups in total. The molecule has 7 nitrogen and oxygen atoms in total. The number of hydrogen-bond acceptors (Lipinski definition) is 6. The van der Waals surface area contributed by atoms with E-state index in [1.807, 2.05) is 42.5 Å². The van der Waals surface area contributed by atoms with Gasteiger partial charge in [-0.15, -0.1) is 0 Å². The average Bonchev–Trinajstić information content (AvgIpc) is 2.72. The Kier molecular flexibility index (Phi) is 5.95. The van der Waals surface area contributed by atoms with Crippen LogP contribution in [-0.4, -0.2) is 31.2 Å². The van der Waals surface area contributed by atoms with E-state index in [1.54, 1.807) is 12.1 Å². The average molecular weight is 412 g/mol. The predicted octanol–water partition coefficient (Wildman–Crippen LogP) is 3.81. The lowest BCUT2D eigenvalue weighted by atomic mass is 10.0. The molecular formula is C21H20N2O5S. The molecule has 0 aromatic heterocycles. The Balaban J connectivity index is 1.73. The van der Waals surface area contributed by atoms with Crippen LogP contribution in [0.3, 0.4) is 0 Å². The van der Waals surface area contributed by atoms with Crippen LogP contribution in [0, 0.1) is 10.1 Å². The summed E-state index contributed by atoms with van der Waals surface area (Å²) in [5.41, 5.74) is 2.52. The summed E-state index contributed by atoms with van der Waals surface area (Å²) < 4.78 is 23.2. The van der Waals surface area contributed by atoms with Crippen molar-refractivity contribution in [3.8, 4) is 11.1 Å². The Labute approximate surface area is 168 Å². The molecule has 29 heavy (non-hydrogen) atoms. The number of nitrogens with one attached hydrogen (secondary N) is 1. The Bertz CT molecular complexity index is 1110. The van der Waals surface area contributed by atoms with Gasteiger partial charge in [-0.1, -0.05) is 54.6 Å². The van der Waals surface area contributed by atoms with Gasteiger partial charge >= 0.3 is 0 Å². The molecular weight excluding hydrogens is 392 g/mol. The lowest BCUT2D eigenvalue weighted by molar-refractivity contribution is -0.384. The number of benzene rings is 3. The van der Waals surface area contributed by atoms with E-state index in [0.717, 1.165) is 23.4 Å². The molecule has 0 bridgehead atoms. The molecule has 1 atom stereocenters. The minimum Gasteiger partial charge on any atom is -0.387 e. The van der Waals surface area contributed by atoms with Crippen LogP contribution in [0.5, 0.6) is 0 Å². The van der Waals surface area contributed by atoms with Gasteiger partial charge < -0.3 is 10.4 Å². The quantitative estimate of drug-likeness (QED) is 0.451. The highest BCUT2D eigenvalue weighted by Gasteiger charge is 2.19. The second-order valence-electron chi connectivity index (χ2n) is 6.59. The SMILES string of the molecule is CS(=O)(=O)c1ccc(NCC(O)c2ccc(-c3ccccc3)cc2)c([N+](=O)[O-])c1. The molecule has 0 aliphatic heterocycles. The van der Waals surface area contributed by atoms with E-state index < -0.39 is 20.9 Å². The van der Waals surface area contributed by atoms with E-state index in [2.05, 4.69) is 5.32 Å². The molecule has 3 aromatic rings. The van der Waals surface area contributed by atoms with Gasteiger partial charge in [0, 0.05) is 18.9 Å². The Morgan fingerprint density at radius 1 is 1.00 bits per heavy atom. The number of rotatable bonds is 7. The van der Waals surface area contributed by atoms with Crippen LogP contribution in [-0.2, 0) is 9.84 Å². The fourth-order valence-electron chi connectivity index (χ4n) is 2.90. The van der Waals surface area contributed by atoms with E-state index in [-0.39, 0.29) is 22.8 Å². The van der Waals surface area contributed by atoms with E-state index in [4.69, 9.17) is 0 Å². The first-order valence-electron chi connectivity index (χ1n) is 8.81. The fourth-order valence-corrected chi connectivity index (χ4v) is 3.54. The molecule has 0 spiro atoms. The van der Waals surface area contributed by atoms with Crippen molar-refractivity contribution in [1.82, 2.24) is 0 Å². The predicted molar refractivity (Wildman–Crippen MR) is 112 cm³/mol. The second-order valence-corrected chi connectivity index (χ2v) is 8.61. The van der Waals surface area contributed by atoms with Crippen molar-refractivity contribution in [2.45, 2.75) is 11.0 Å². The number of aliphatic hydroxyl groups is 1. The van der Waals surface area contributed by atoms with Crippen molar-refractivity contribution in [3.63, 3.8) is 0 Å². The van der Waals surface area contributed by atoms with Crippen molar-refractivity contribution < 1.29 is 18.4 Å². The van der Waals surface area contributed by atoms with Crippen molar-refractivity contribution in [3.05, 3.63) is 88.5 Å². The molecule has 150 valence electrons. The molecule has 0 saturated heterocycles. The maximum atomic E-state index is 11.6. The smallest absolute Gasteiger partial charge is 0.293 e. The molecule has 0 aliphatic rings. The Morgan fingerprint density at radius 3 is 2.21 bits per heavy atom. The lowest BCUT2D eigenvalue weighted by Crippen LogP contribution is -2.13. The number of sulfone groups is 1. The summed E-state index contributed by atoms with van der Waals surface area (Å²) in [5, 5.41) is 24.6. The lowest BCUT2D eigenvalue weighted by Gasteiger charge is -2.14.